The number of nitrogens with one attached hydrogen (secondary N) is 1. The quantitative estimate of drug-likeness (QED) is 0.330. The molecule has 0 saturated carbocycles. The van der Waals surface area contributed by atoms with E-state index in [4.69, 9.17) is 16.3 Å². The van der Waals surface area contributed by atoms with E-state index in [1.807, 2.05) is 0 Å². The van der Waals surface area contributed by atoms with Crippen LogP contribution in [-0.2, 0) is 10.3 Å². The number of ether oxygens (including phenoxy) is 2. The number of halogens is 5. The minimum Gasteiger partial charge on any atom is -0.465 e. The average Bonchev–Trinajstić information content (AvgIpc) is 2.79. The molecule has 1 heterocycles. The van der Waals surface area contributed by atoms with E-state index < -0.39 is 40.6 Å². The van der Waals surface area contributed by atoms with Gasteiger partial charge in [-0.05, 0) is 42.8 Å². The van der Waals surface area contributed by atoms with Crippen molar-refractivity contribution in [1.29, 1.82) is 0 Å². The van der Waals surface area contributed by atoms with E-state index in [0.29, 0.717) is 0 Å². The fourth-order valence-corrected chi connectivity index (χ4v) is 3.93. The van der Waals surface area contributed by atoms with Crippen LogP contribution in [0.2, 0.25) is 5.02 Å². The minimum atomic E-state index is -5.12. The molecule has 3 aromatic rings. The third-order valence-corrected chi connectivity index (χ3v) is 5.94. The van der Waals surface area contributed by atoms with Crippen molar-refractivity contribution in [1.82, 2.24) is 4.98 Å². The van der Waals surface area contributed by atoms with Crippen LogP contribution in [0.3, 0.4) is 0 Å². The molecule has 0 fully saturated rings. The van der Waals surface area contributed by atoms with Crippen molar-refractivity contribution < 1.29 is 36.9 Å². The van der Waals surface area contributed by atoms with Gasteiger partial charge in [0.15, 0.2) is 5.60 Å². The Balaban J connectivity index is 1.95. The van der Waals surface area contributed by atoms with Crippen LogP contribution in [0.25, 0.3) is 0 Å². The number of methoxy groups -OCH3 is 1. The molecule has 0 unspecified atom stereocenters. The molecule has 3 rings (SSSR count). The van der Waals surface area contributed by atoms with Gasteiger partial charge in [0.05, 0.1) is 12.7 Å². The number of aliphatic hydroxyl groups is 1. The number of carbonyl (C=O) groups is 1. The third-order valence-electron chi connectivity index (χ3n) is 5.61. The van der Waals surface area contributed by atoms with Crippen molar-refractivity contribution in [2.45, 2.75) is 31.5 Å². The SMILES string of the molecule is COC(=O)c1ccc(Oc2ccc([C@H](C)[C@](O)(c3c[nH]c(=O)c(C)c3)C(F)(F)F)c(Cl)c2)cc1F. The predicted molar refractivity (Wildman–Crippen MR) is 119 cm³/mol. The lowest BCUT2D eigenvalue weighted by atomic mass is 9.78. The molecule has 2 aromatic carbocycles. The summed E-state index contributed by atoms with van der Waals surface area (Å²) in [6.07, 6.45) is -4.30. The normalized spacial score (nSPS) is 14.2. The number of carbonyl (C=O) groups excluding carboxylic acids is 1. The molecule has 0 aliphatic heterocycles. The number of hydrogen-bond acceptors (Lipinski definition) is 5. The van der Waals surface area contributed by atoms with Crippen LogP contribution < -0.4 is 10.3 Å². The standard InChI is InChI=1S/C24H20ClF4NO5/c1-12-8-14(11-30-21(12)31)23(33,24(27,28)29)13(2)17-6-4-15(9-19(17)25)35-16-5-7-18(20(26)10-16)22(32)34-3/h4-11,13,33H,1-3H3,(H,30,31)/t13-,23-/m0/s1. The van der Waals surface area contributed by atoms with Crippen LogP contribution in [0, 0.1) is 12.7 Å². The second-order valence-electron chi connectivity index (χ2n) is 7.80. The zero-order chi connectivity index (χ0) is 26.1. The number of rotatable bonds is 6. The first kappa shape index (κ1) is 26.2. The lowest BCUT2D eigenvalue weighted by molar-refractivity contribution is -0.274. The molecule has 0 aliphatic carbocycles. The summed E-state index contributed by atoms with van der Waals surface area (Å²) in [5.74, 6) is -3.28. The summed E-state index contributed by atoms with van der Waals surface area (Å²) in [5.41, 5.74) is -4.85. The molecule has 2 N–H and O–H groups in total. The summed E-state index contributed by atoms with van der Waals surface area (Å²) >= 11 is 6.26. The van der Waals surface area contributed by atoms with Crippen LogP contribution in [0.4, 0.5) is 17.6 Å². The van der Waals surface area contributed by atoms with Gasteiger partial charge in [-0.15, -0.1) is 0 Å². The molecule has 186 valence electrons. The summed E-state index contributed by atoms with van der Waals surface area (Å²) in [5, 5.41) is 10.7. The monoisotopic (exact) mass is 513 g/mol. The molecule has 0 amide bonds. The molecule has 0 bridgehead atoms. The van der Waals surface area contributed by atoms with E-state index >= 15 is 0 Å². The Morgan fingerprint density at radius 3 is 2.29 bits per heavy atom. The maximum absolute atomic E-state index is 14.1. The number of aromatic amines is 1. The number of benzene rings is 2. The first-order valence-electron chi connectivity index (χ1n) is 10.1. The molecule has 2 atom stereocenters. The van der Waals surface area contributed by atoms with Gasteiger partial charge in [-0.2, -0.15) is 13.2 Å². The lowest BCUT2D eigenvalue weighted by Crippen LogP contribution is -2.47. The van der Waals surface area contributed by atoms with Gasteiger partial charge in [-0.3, -0.25) is 4.79 Å². The summed E-state index contributed by atoms with van der Waals surface area (Å²) < 4.78 is 66.5. The molecule has 35 heavy (non-hydrogen) atoms. The zero-order valence-corrected chi connectivity index (χ0v) is 19.4. The highest BCUT2D eigenvalue weighted by atomic mass is 35.5. The van der Waals surface area contributed by atoms with Crippen LogP contribution in [0.15, 0.2) is 53.5 Å². The highest BCUT2D eigenvalue weighted by Crippen LogP contribution is 2.50. The van der Waals surface area contributed by atoms with E-state index in [2.05, 4.69) is 9.72 Å². The Morgan fingerprint density at radius 2 is 1.74 bits per heavy atom. The number of aromatic nitrogens is 1. The van der Waals surface area contributed by atoms with Gasteiger partial charge in [0, 0.05) is 34.3 Å². The summed E-state index contributed by atoms with van der Waals surface area (Å²) in [7, 11) is 1.11. The highest BCUT2D eigenvalue weighted by Gasteiger charge is 2.59. The first-order valence-corrected chi connectivity index (χ1v) is 10.5. The van der Waals surface area contributed by atoms with Gasteiger partial charge < -0.3 is 19.6 Å². The van der Waals surface area contributed by atoms with E-state index in [1.54, 1.807) is 0 Å². The van der Waals surface area contributed by atoms with Gasteiger partial charge in [-0.25, -0.2) is 9.18 Å². The number of pyridine rings is 1. The predicted octanol–water partition coefficient (Wildman–Crippen LogP) is 5.61. The van der Waals surface area contributed by atoms with Gasteiger partial charge in [-0.1, -0.05) is 24.6 Å². The fraction of sp³-hybridized carbons (Fsp3) is 0.250. The van der Waals surface area contributed by atoms with E-state index in [0.717, 1.165) is 38.4 Å². The second kappa shape index (κ2) is 9.71. The molecular weight excluding hydrogens is 494 g/mol. The van der Waals surface area contributed by atoms with Crippen molar-refractivity contribution >= 4 is 17.6 Å². The van der Waals surface area contributed by atoms with Gasteiger partial charge >= 0.3 is 12.1 Å². The molecule has 0 spiro atoms. The maximum atomic E-state index is 14.1. The fourth-order valence-electron chi connectivity index (χ4n) is 3.60. The highest BCUT2D eigenvalue weighted by molar-refractivity contribution is 6.31. The molecule has 0 saturated heterocycles. The summed E-state index contributed by atoms with van der Waals surface area (Å²) in [4.78, 5) is 25.3. The van der Waals surface area contributed by atoms with Crippen molar-refractivity contribution in [3.8, 4) is 11.5 Å². The van der Waals surface area contributed by atoms with Gasteiger partial charge in [0.2, 0.25) is 0 Å². The largest absolute Gasteiger partial charge is 0.465 e. The molecular formula is C24H20ClF4NO5. The maximum Gasteiger partial charge on any atom is 0.422 e. The molecule has 1 aromatic heterocycles. The van der Waals surface area contributed by atoms with Gasteiger partial charge in [0.1, 0.15) is 17.3 Å². The minimum absolute atomic E-state index is 0.00216. The second-order valence-corrected chi connectivity index (χ2v) is 8.21. The smallest absolute Gasteiger partial charge is 0.422 e. The van der Waals surface area contributed by atoms with Crippen LogP contribution in [0.5, 0.6) is 11.5 Å². The van der Waals surface area contributed by atoms with Crippen LogP contribution >= 0.6 is 11.6 Å². The van der Waals surface area contributed by atoms with E-state index in [-0.39, 0.29) is 33.2 Å². The third kappa shape index (κ3) is 5.03. The molecule has 11 heteroatoms. The van der Waals surface area contributed by atoms with Crippen molar-refractivity contribution in [3.05, 3.63) is 92.1 Å². The van der Waals surface area contributed by atoms with Crippen LogP contribution in [0.1, 0.15) is 39.9 Å². The number of alkyl halides is 3. The lowest BCUT2D eigenvalue weighted by Gasteiger charge is -2.37. The van der Waals surface area contributed by atoms with Crippen molar-refractivity contribution in [3.63, 3.8) is 0 Å². The zero-order valence-electron chi connectivity index (χ0n) is 18.7. The number of aryl methyl sites for hydroxylation is 1. The first-order chi connectivity index (χ1) is 16.3. The Labute approximate surface area is 202 Å². The van der Waals surface area contributed by atoms with Gasteiger partial charge in [0.25, 0.3) is 5.56 Å². The van der Waals surface area contributed by atoms with Crippen LogP contribution in [-0.4, -0.2) is 29.3 Å². The Morgan fingerprint density at radius 1 is 1.11 bits per heavy atom. The number of H-pyrrole nitrogens is 1. The molecule has 0 aliphatic rings. The molecule has 0 radical (unpaired) electrons. The Hall–Kier alpha value is -3.37. The molecule has 6 nitrogen and oxygen atoms in total. The summed E-state index contributed by atoms with van der Waals surface area (Å²) in [6.45, 7) is 2.47. The number of hydrogen-bond donors (Lipinski definition) is 2. The summed E-state index contributed by atoms with van der Waals surface area (Å²) in [6, 6.07) is 8.15. The van der Waals surface area contributed by atoms with E-state index in [9.17, 15) is 32.3 Å². The van der Waals surface area contributed by atoms with Crippen molar-refractivity contribution in [2.24, 2.45) is 0 Å². The topological polar surface area (TPSA) is 88.6 Å². The average molecular weight is 514 g/mol. The van der Waals surface area contributed by atoms with E-state index in [1.165, 1.54) is 31.2 Å². The Bertz CT molecular complexity index is 1320. The number of esters is 1. The Kier molecular flexibility index (Phi) is 7.28. The van der Waals surface area contributed by atoms with Crippen molar-refractivity contribution in [2.75, 3.05) is 7.11 Å².